The lowest BCUT2D eigenvalue weighted by atomic mass is 10.2. The number of halogens is 4. The van der Waals surface area contributed by atoms with E-state index in [9.17, 15) is 36.4 Å². The highest BCUT2D eigenvalue weighted by Crippen LogP contribution is 2.28. The van der Waals surface area contributed by atoms with E-state index in [-0.39, 0.29) is 41.3 Å². The minimum atomic E-state index is -3.79. The molecule has 0 unspecified atom stereocenters. The van der Waals surface area contributed by atoms with Crippen LogP contribution in [0.1, 0.15) is 49.0 Å². The van der Waals surface area contributed by atoms with Gasteiger partial charge in [-0.3, -0.25) is 29.4 Å². The number of carbonyl (C=O) groups excluding carboxylic acids is 2. The van der Waals surface area contributed by atoms with Crippen LogP contribution in [0.15, 0.2) is 141 Å². The van der Waals surface area contributed by atoms with Crippen molar-refractivity contribution in [2.45, 2.75) is 70.5 Å². The summed E-state index contributed by atoms with van der Waals surface area (Å²) in [7, 11) is -3.79. The van der Waals surface area contributed by atoms with Gasteiger partial charge in [-0.05, 0) is 145 Å². The smallest absolute Gasteiger partial charge is 0.412 e. The molecular weight excluding hydrogens is 1070 g/mol. The van der Waals surface area contributed by atoms with Gasteiger partial charge in [0.1, 0.15) is 34.3 Å². The maximum Gasteiger partial charge on any atom is 0.412 e. The monoisotopic (exact) mass is 1120 g/mol. The summed E-state index contributed by atoms with van der Waals surface area (Å²) in [5, 5.41) is 6.35. The zero-order valence-corrected chi connectivity index (χ0v) is 44.5. The van der Waals surface area contributed by atoms with Crippen molar-refractivity contribution in [3.63, 3.8) is 0 Å². The molecule has 0 bridgehead atoms. The van der Waals surface area contributed by atoms with Crippen LogP contribution in [0.25, 0.3) is 33.4 Å². The highest BCUT2D eigenvalue weighted by atomic mass is 35.5. The molecular formula is C52H52Cl2F2N8O10S2. The van der Waals surface area contributed by atoms with Gasteiger partial charge in [0.05, 0.1) is 16.7 Å². The predicted octanol–water partition coefficient (Wildman–Crippen LogP) is 12.3. The number of nitrogens with zero attached hydrogens (tertiary/aromatic N) is 6. The van der Waals surface area contributed by atoms with Crippen molar-refractivity contribution < 1.29 is 45.7 Å². The molecule has 2 N–H and O–H groups in total. The lowest BCUT2D eigenvalue weighted by molar-refractivity contribution is 0.0624. The van der Waals surface area contributed by atoms with Gasteiger partial charge in [-0.25, -0.2) is 41.7 Å². The number of sulfone groups is 1. The van der Waals surface area contributed by atoms with E-state index in [1.807, 2.05) is 6.26 Å². The minimum absolute atomic E-state index is 0. The number of aromatic nitrogens is 6. The van der Waals surface area contributed by atoms with Gasteiger partial charge in [-0.2, -0.15) is 4.98 Å². The second-order valence-corrected chi connectivity index (χ2v) is 21.2. The number of anilines is 2. The van der Waals surface area contributed by atoms with Gasteiger partial charge in [0.2, 0.25) is 15.0 Å². The number of fused-ring (bicyclic) bond motifs is 2. The standard InChI is InChI=1S/C25H23FN4O6S.C25H23FN4O4S.CH2Cl2.CH4/c1-25(2,3)36-24(32)28-17-6-5-7-18(13-17)30-21-15(14-27-23(29-21)37(4,33)34)12-20(22(30)31)35-19-10-8-16(26)9-11-19;1-25(2,3)34-24(32)28-17-6-5-7-18(13-17)30-21-15(14-27-23(29-21)35-4)12-20(22(30)31)33-19-10-8-16(26)9-11-19;2-1-3;/h5-14H,1-4H3,(H,28,32);5-14H,1-4H3,(H,28,32);1H2;1H4. The molecule has 8 rings (SSSR count). The van der Waals surface area contributed by atoms with E-state index in [1.165, 1.54) is 83.2 Å². The fourth-order valence-electron chi connectivity index (χ4n) is 6.56. The maximum atomic E-state index is 13.6. The van der Waals surface area contributed by atoms with E-state index in [4.69, 9.17) is 42.1 Å². The number of benzene rings is 4. The quantitative estimate of drug-likeness (QED) is 0.0738. The first-order chi connectivity index (χ1) is 35.3. The second-order valence-electron chi connectivity index (χ2n) is 17.7. The molecule has 4 aromatic carbocycles. The van der Waals surface area contributed by atoms with E-state index >= 15 is 0 Å². The second kappa shape index (κ2) is 25.2. The van der Waals surface area contributed by atoms with E-state index in [1.54, 1.807) is 96.3 Å². The van der Waals surface area contributed by atoms with Crippen molar-refractivity contribution in [3.8, 4) is 34.4 Å². The van der Waals surface area contributed by atoms with Gasteiger partial charge in [0.25, 0.3) is 11.1 Å². The molecule has 0 fully saturated rings. The van der Waals surface area contributed by atoms with Crippen LogP contribution in [0.4, 0.5) is 29.7 Å². The summed E-state index contributed by atoms with van der Waals surface area (Å²) in [5.74, 6) is -0.509. The van der Waals surface area contributed by atoms with Crippen LogP contribution >= 0.6 is 35.0 Å². The average Bonchev–Trinajstić information content (AvgIpc) is 3.32. The van der Waals surface area contributed by atoms with Crippen LogP contribution in [0.2, 0.25) is 0 Å². The topological polar surface area (TPSA) is 225 Å². The highest BCUT2D eigenvalue weighted by molar-refractivity contribution is 7.98. The molecule has 0 aliphatic carbocycles. The van der Waals surface area contributed by atoms with Gasteiger partial charge in [0.15, 0.2) is 27.9 Å². The van der Waals surface area contributed by atoms with Crippen molar-refractivity contribution in [1.29, 1.82) is 0 Å². The highest BCUT2D eigenvalue weighted by Gasteiger charge is 2.22. The fraction of sp³-hybridized carbons (Fsp3) is 0.231. The van der Waals surface area contributed by atoms with Crippen molar-refractivity contribution in [2.24, 2.45) is 0 Å². The molecule has 8 aromatic rings. The number of ether oxygens (including phenoxy) is 4. The summed E-state index contributed by atoms with van der Waals surface area (Å²) in [5.41, 5.74) is -0.723. The van der Waals surface area contributed by atoms with Gasteiger partial charge in [-0.15, -0.1) is 23.2 Å². The first-order valence-electron chi connectivity index (χ1n) is 22.1. The van der Waals surface area contributed by atoms with Crippen LogP contribution in [0.5, 0.6) is 23.0 Å². The number of thioether (sulfide) groups is 1. The molecule has 4 heterocycles. The number of hydrogen-bond donors (Lipinski definition) is 2. The molecule has 0 atom stereocenters. The molecule has 0 spiro atoms. The number of carbonyl (C=O) groups is 2. The zero-order valence-electron chi connectivity index (χ0n) is 41.3. The van der Waals surface area contributed by atoms with Crippen molar-refractivity contribution >= 4 is 90.4 Å². The Hall–Kier alpha value is -7.66. The summed E-state index contributed by atoms with van der Waals surface area (Å²) in [6.45, 7) is 10.5. The maximum absolute atomic E-state index is 13.6. The van der Waals surface area contributed by atoms with Crippen molar-refractivity contribution in [2.75, 3.05) is 28.5 Å². The molecule has 4 aromatic heterocycles. The Morgan fingerprint density at radius 2 is 1.04 bits per heavy atom. The summed E-state index contributed by atoms with van der Waals surface area (Å²) in [6.07, 6.45) is 4.33. The first kappa shape index (κ1) is 59.2. The van der Waals surface area contributed by atoms with Crippen LogP contribution in [-0.4, -0.2) is 78.7 Å². The Bertz CT molecular complexity index is 3620. The first-order valence-corrected chi connectivity index (χ1v) is 26.3. The molecule has 24 heteroatoms. The number of amides is 2. The Kier molecular flexibility index (Phi) is 19.7. The van der Waals surface area contributed by atoms with Crippen LogP contribution < -0.4 is 31.2 Å². The Balaban J connectivity index is 0.000000264. The van der Waals surface area contributed by atoms with Crippen molar-refractivity contribution in [1.82, 2.24) is 29.1 Å². The lowest BCUT2D eigenvalue weighted by Gasteiger charge is -2.20. The number of alkyl halides is 2. The molecule has 0 radical (unpaired) electrons. The summed E-state index contributed by atoms with van der Waals surface area (Å²) in [4.78, 5) is 68.5. The minimum Gasteiger partial charge on any atom is -0.452 e. The number of rotatable bonds is 10. The molecule has 0 saturated heterocycles. The van der Waals surface area contributed by atoms with Crippen LogP contribution in [0.3, 0.4) is 0 Å². The molecule has 0 saturated carbocycles. The molecule has 400 valence electrons. The predicted molar refractivity (Wildman–Crippen MR) is 291 cm³/mol. The number of hydrogen-bond acceptors (Lipinski definition) is 15. The number of nitrogens with one attached hydrogen (secondary N) is 2. The molecule has 76 heavy (non-hydrogen) atoms. The van der Waals surface area contributed by atoms with E-state index < -0.39 is 61.1 Å². The van der Waals surface area contributed by atoms with Gasteiger partial charge in [0, 0.05) is 40.8 Å². The Morgan fingerprint density at radius 1 is 0.645 bits per heavy atom. The third-order valence-electron chi connectivity index (χ3n) is 9.47. The van der Waals surface area contributed by atoms with Gasteiger partial charge < -0.3 is 18.9 Å². The zero-order chi connectivity index (χ0) is 54.8. The van der Waals surface area contributed by atoms with E-state index in [2.05, 4.69) is 30.6 Å². The van der Waals surface area contributed by atoms with E-state index in [0.29, 0.717) is 44.4 Å². The molecule has 0 aliphatic rings. The largest absolute Gasteiger partial charge is 0.452 e. The van der Waals surface area contributed by atoms with Gasteiger partial charge in [-0.1, -0.05) is 31.3 Å². The van der Waals surface area contributed by atoms with Crippen molar-refractivity contribution in [3.05, 3.63) is 154 Å². The third kappa shape index (κ3) is 16.2. The molecule has 2 amide bonds. The summed E-state index contributed by atoms with van der Waals surface area (Å²) < 4.78 is 75.5. The van der Waals surface area contributed by atoms with Gasteiger partial charge >= 0.3 is 12.2 Å². The fourth-order valence-corrected chi connectivity index (χ4v) is 7.40. The summed E-state index contributed by atoms with van der Waals surface area (Å²) >= 11 is 10.9. The average molecular weight is 1120 g/mol. The Labute approximate surface area is 450 Å². The summed E-state index contributed by atoms with van der Waals surface area (Å²) in [6, 6.07) is 26.3. The Morgan fingerprint density at radius 3 is 1.42 bits per heavy atom. The lowest BCUT2D eigenvalue weighted by Crippen LogP contribution is -2.27. The van der Waals surface area contributed by atoms with E-state index in [0.717, 1.165) is 10.8 Å². The SMILES string of the molecule is C.CC(C)(C)OC(=O)Nc1cccc(-n2c(=O)c(Oc3ccc(F)cc3)cc3cnc(S(C)(=O)=O)nc32)c1.CSc1ncc2cc(Oc3ccc(F)cc3)c(=O)n(-c3cccc(NC(=O)OC(C)(C)C)c3)c2n1.ClCCl. The third-order valence-corrected chi connectivity index (χ3v) is 10.9. The normalized spacial score (nSPS) is 11.2. The molecule has 18 nitrogen and oxygen atoms in total. The van der Waals surface area contributed by atoms with Crippen LogP contribution in [0, 0.1) is 11.6 Å². The molecule has 0 aliphatic heterocycles. The number of pyridine rings is 2. The van der Waals surface area contributed by atoms with Crippen LogP contribution in [-0.2, 0) is 19.3 Å².